The summed E-state index contributed by atoms with van der Waals surface area (Å²) >= 11 is 0. The number of rotatable bonds is 3. The molecule has 20 heavy (non-hydrogen) atoms. The van der Waals surface area contributed by atoms with Crippen LogP contribution < -0.4 is 10.8 Å². The molecule has 0 aromatic heterocycles. The maximum absolute atomic E-state index is 11.9. The summed E-state index contributed by atoms with van der Waals surface area (Å²) < 4.78 is 5.18. The smallest absolute Gasteiger partial charge is 0.410 e. The molecular formula is C14H17N2O4-. The quantitative estimate of drug-likeness (QED) is 0.830. The molecule has 0 atom stereocenters. The van der Waals surface area contributed by atoms with Crippen LogP contribution in [0.3, 0.4) is 0 Å². The largest absolute Gasteiger partial charge is 0.548 e. The number of carbonyl (C=O) groups is 2. The molecule has 1 aliphatic rings. The maximum Gasteiger partial charge on any atom is 0.410 e. The number of carbonyl (C=O) groups excluding carboxylic acids is 2. The van der Waals surface area contributed by atoms with Gasteiger partial charge in [0.05, 0.1) is 11.5 Å². The first kappa shape index (κ1) is 14.3. The van der Waals surface area contributed by atoms with Gasteiger partial charge in [-0.3, -0.25) is 0 Å². The fraction of sp³-hybridized carbons (Fsp3) is 0.429. The molecule has 6 heteroatoms. The van der Waals surface area contributed by atoms with Crippen LogP contribution in [-0.2, 0) is 16.1 Å². The Labute approximate surface area is 117 Å². The number of carboxylic acid groups (broad SMARTS) is 1. The third-order valence-electron chi connectivity index (χ3n) is 3.53. The minimum atomic E-state index is -1.34. The molecule has 0 aliphatic carbocycles. The first-order valence-electron chi connectivity index (χ1n) is 6.47. The fourth-order valence-corrected chi connectivity index (χ4v) is 2.10. The second-order valence-corrected chi connectivity index (χ2v) is 4.97. The fourth-order valence-electron chi connectivity index (χ4n) is 2.10. The summed E-state index contributed by atoms with van der Waals surface area (Å²) in [5.74, 6) is -1.27. The minimum absolute atomic E-state index is 0.176. The van der Waals surface area contributed by atoms with Crippen LogP contribution in [0.5, 0.6) is 0 Å². The summed E-state index contributed by atoms with van der Waals surface area (Å²) in [6.07, 6.45) is -0.0970. The predicted molar refractivity (Wildman–Crippen MR) is 69.4 cm³/mol. The summed E-state index contributed by atoms with van der Waals surface area (Å²) in [5, 5.41) is 10.9. The van der Waals surface area contributed by atoms with Gasteiger partial charge in [0.25, 0.3) is 0 Å². The van der Waals surface area contributed by atoms with Crippen molar-refractivity contribution in [1.82, 2.24) is 4.90 Å². The van der Waals surface area contributed by atoms with Gasteiger partial charge in [0, 0.05) is 13.1 Å². The molecular weight excluding hydrogens is 260 g/mol. The van der Waals surface area contributed by atoms with Crippen LogP contribution in [-0.4, -0.2) is 35.6 Å². The van der Waals surface area contributed by atoms with E-state index < -0.39 is 17.6 Å². The summed E-state index contributed by atoms with van der Waals surface area (Å²) in [7, 11) is 0. The van der Waals surface area contributed by atoms with E-state index in [2.05, 4.69) is 0 Å². The minimum Gasteiger partial charge on any atom is -0.548 e. The highest BCUT2D eigenvalue weighted by Gasteiger charge is 2.34. The number of hydrogen-bond donors (Lipinski definition) is 1. The van der Waals surface area contributed by atoms with Gasteiger partial charge in [0.15, 0.2) is 0 Å². The van der Waals surface area contributed by atoms with E-state index in [0.717, 1.165) is 5.56 Å². The second-order valence-electron chi connectivity index (χ2n) is 4.97. The highest BCUT2D eigenvalue weighted by atomic mass is 16.6. The van der Waals surface area contributed by atoms with E-state index in [1.807, 2.05) is 30.3 Å². The van der Waals surface area contributed by atoms with Crippen molar-refractivity contribution in [2.75, 3.05) is 13.1 Å². The molecule has 1 fully saturated rings. The third-order valence-corrected chi connectivity index (χ3v) is 3.53. The lowest BCUT2D eigenvalue weighted by Gasteiger charge is -2.39. The Morgan fingerprint density at radius 1 is 1.25 bits per heavy atom. The molecule has 2 N–H and O–H groups in total. The first-order valence-corrected chi connectivity index (χ1v) is 6.47. The van der Waals surface area contributed by atoms with Crippen molar-refractivity contribution in [3.8, 4) is 0 Å². The Balaban J connectivity index is 1.82. The highest BCUT2D eigenvalue weighted by Crippen LogP contribution is 2.19. The van der Waals surface area contributed by atoms with E-state index in [1.165, 1.54) is 4.90 Å². The Morgan fingerprint density at radius 2 is 1.85 bits per heavy atom. The monoisotopic (exact) mass is 277 g/mol. The first-order chi connectivity index (χ1) is 9.51. The molecule has 6 nitrogen and oxygen atoms in total. The molecule has 2 rings (SSSR count). The average molecular weight is 277 g/mol. The van der Waals surface area contributed by atoms with Crippen LogP contribution in [0.25, 0.3) is 0 Å². The number of benzene rings is 1. The van der Waals surface area contributed by atoms with Crippen molar-refractivity contribution in [3.05, 3.63) is 35.9 Å². The van der Waals surface area contributed by atoms with E-state index in [9.17, 15) is 14.7 Å². The number of amides is 1. The van der Waals surface area contributed by atoms with Crippen molar-refractivity contribution in [2.24, 2.45) is 5.73 Å². The van der Waals surface area contributed by atoms with Crippen molar-refractivity contribution in [1.29, 1.82) is 0 Å². The lowest BCUT2D eigenvalue weighted by molar-refractivity contribution is -0.314. The number of piperidine rings is 1. The number of nitrogens with two attached hydrogens (primary N) is 1. The van der Waals surface area contributed by atoms with Crippen LogP contribution >= 0.6 is 0 Å². The molecule has 1 amide bonds. The summed E-state index contributed by atoms with van der Waals surface area (Å²) in [4.78, 5) is 24.2. The Kier molecular flexibility index (Phi) is 4.24. The number of likely N-dealkylation sites (tertiary alicyclic amines) is 1. The summed E-state index contributed by atoms with van der Waals surface area (Å²) in [6, 6.07) is 9.35. The number of hydrogen-bond acceptors (Lipinski definition) is 5. The zero-order valence-electron chi connectivity index (χ0n) is 11.1. The molecule has 0 unspecified atom stereocenters. The van der Waals surface area contributed by atoms with Gasteiger partial charge < -0.3 is 25.3 Å². The Hall–Kier alpha value is -2.08. The molecule has 0 radical (unpaired) electrons. The van der Waals surface area contributed by atoms with Gasteiger partial charge in [-0.1, -0.05) is 30.3 Å². The van der Waals surface area contributed by atoms with E-state index in [0.29, 0.717) is 0 Å². The zero-order chi connectivity index (χ0) is 14.6. The average Bonchev–Trinajstić information content (AvgIpc) is 2.46. The standard InChI is InChI=1S/C14H18N2O4/c15-14(12(17)18)6-8-16(9-7-14)13(19)20-10-11-4-2-1-3-5-11/h1-5H,6-10,15H2,(H,17,18)/p-1. The topological polar surface area (TPSA) is 95.7 Å². The van der Waals surface area contributed by atoms with Gasteiger partial charge >= 0.3 is 6.09 Å². The summed E-state index contributed by atoms with van der Waals surface area (Å²) in [6.45, 7) is 0.723. The van der Waals surface area contributed by atoms with E-state index >= 15 is 0 Å². The van der Waals surface area contributed by atoms with Gasteiger partial charge in [-0.15, -0.1) is 0 Å². The molecule has 1 heterocycles. The van der Waals surface area contributed by atoms with E-state index in [-0.39, 0.29) is 32.5 Å². The van der Waals surface area contributed by atoms with E-state index in [4.69, 9.17) is 10.5 Å². The zero-order valence-corrected chi connectivity index (χ0v) is 11.1. The Morgan fingerprint density at radius 3 is 2.40 bits per heavy atom. The lowest BCUT2D eigenvalue weighted by atomic mass is 9.89. The van der Waals surface area contributed by atoms with Gasteiger partial charge in [-0.05, 0) is 18.4 Å². The number of ether oxygens (including phenoxy) is 1. The van der Waals surface area contributed by atoms with Crippen molar-refractivity contribution in [3.63, 3.8) is 0 Å². The van der Waals surface area contributed by atoms with Crippen LogP contribution in [0.2, 0.25) is 0 Å². The number of nitrogens with zero attached hydrogens (tertiary/aromatic N) is 1. The third kappa shape index (κ3) is 3.27. The molecule has 1 saturated heterocycles. The van der Waals surface area contributed by atoms with Gasteiger partial charge in [0.2, 0.25) is 0 Å². The predicted octanol–water partition coefficient (Wildman–Crippen LogP) is -0.134. The second kappa shape index (κ2) is 5.92. The van der Waals surface area contributed by atoms with Gasteiger partial charge in [0.1, 0.15) is 6.61 Å². The Bertz CT molecular complexity index is 481. The number of carboxylic acids is 1. The number of aliphatic carboxylic acids is 1. The van der Waals surface area contributed by atoms with Crippen LogP contribution in [0.15, 0.2) is 30.3 Å². The molecule has 1 aromatic carbocycles. The normalized spacial score (nSPS) is 17.6. The lowest BCUT2D eigenvalue weighted by Crippen LogP contribution is -2.61. The SMILES string of the molecule is NC1(C(=O)[O-])CCN(C(=O)OCc2ccccc2)CC1. The molecule has 0 spiro atoms. The highest BCUT2D eigenvalue weighted by molar-refractivity contribution is 5.77. The summed E-state index contributed by atoms with van der Waals surface area (Å²) in [5.41, 5.74) is 5.25. The molecule has 1 aromatic rings. The van der Waals surface area contributed by atoms with Crippen LogP contribution in [0, 0.1) is 0 Å². The molecule has 0 saturated carbocycles. The van der Waals surface area contributed by atoms with Crippen LogP contribution in [0.1, 0.15) is 18.4 Å². The maximum atomic E-state index is 11.9. The van der Waals surface area contributed by atoms with Gasteiger partial charge in [-0.2, -0.15) is 0 Å². The molecule has 1 aliphatic heterocycles. The molecule has 0 bridgehead atoms. The van der Waals surface area contributed by atoms with E-state index in [1.54, 1.807) is 0 Å². The van der Waals surface area contributed by atoms with Crippen LogP contribution in [0.4, 0.5) is 4.79 Å². The van der Waals surface area contributed by atoms with Crippen molar-refractivity contribution in [2.45, 2.75) is 25.0 Å². The molecule has 108 valence electrons. The van der Waals surface area contributed by atoms with Gasteiger partial charge in [-0.25, -0.2) is 4.79 Å². The van der Waals surface area contributed by atoms with Crippen molar-refractivity contribution < 1.29 is 19.4 Å². The van der Waals surface area contributed by atoms with Crippen molar-refractivity contribution >= 4 is 12.1 Å².